The van der Waals surface area contributed by atoms with E-state index in [1.165, 1.54) is 17.4 Å². The van der Waals surface area contributed by atoms with Crippen molar-refractivity contribution < 1.29 is 14.3 Å². The minimum Gasteiger partial charge on any atom is -0.383 e. The summed E-state index contributed by atoms with van der Waals surface area (Å²) in [6.07, 6.45) is -0.182. The molecule has 0 saturated carbocycles. The van der Waals surface area contributed by atoms with Crippen molar-refractivity contribution in [1.29, 1.82) is 0 Å². The first-order chi connectivity index (χ1) is 9.56. The topological polar surface area (TPSA) is 49.3 Å². The first-order valence-electron chi connectivity index (χ1n) is 6.09. The van der Waals surface area contributed by atoms with Crippen LogP contribution >= 0.6 is 22.9 Å². The molecule has 1 aromatic heterocycles. The lowest BCUT2D eigenvalue weighted by Gasteiger charge is -2.20. The van der Waals surface area contributed by atoms with Crippen LogP contribution in [0.4, 0.5) is 10.1 Å². The summed E-state index contributed by atoms with van der Waals surface area (Å²) < 4.78 is 14.1. The number of hydrogen-bond donors (Lipinski definition) is 2. The van der Waals surface area contributed by atoms with Crippen LogP contribution in [-0.4, -0.2) is 11.0 Å². The van der Waals surface area contributed by atoms with Gasteiger partial charge in [0.1, 0.15) is 11.9 Å². The molecule has 0 radical (unpaired) electrons. The van der Waals surface area contributed by atoms with Crippen LogP contribution in [0.3, 0.4) is 0 Å². The van der Waals surface area contributed by atoms with Gasteiger partial charge in [0.05, 0.1) is 9.90 Å². The summed E-state index contributed by atoms with van der Waals surface area (Å²) in [5.74, 6) is -0.672. The van der Waals surface area contributed by atoms with Crippen molar-refractivity contribution in [3.8, 4) is 0 Å². The normalized spacial score (nSPS) is 15.7. The van der Waals surface area contributed by atoms with Crippen LogP contribution in [0.1, 0.15) is 28.5 Å². The lowest BCUT2D eigenvalue weighted by molar-refractivity contribution is -0.116. The molecule has 0 spiro atoms. The summed E-state index contributed by atoms with van der Waals surface area (Å²) in [4.78, 5) is 11.8. The third-order valence-corrected chi connectivity index (χ3v) is 4.72. The Morgan fingerprint density at radius 2 is 2.20 bits per heavy atom. The maximum Gasteiger partial charge on any atom is 0.224 e. The maximum absolute atomic E-state index is 14.1. The fourth-order valence-corrected chi connectivity index (χ4v) is 3.43. The second-order valence-corrected chi connectivity index (χ2v) is 5.97. The van der Waals surface area contributed by atoms with Gasteiger partial charge in [0.15, 0.2) is 0 Å². The second kappa shape index (κ2) is 5.16. The molecule has 1 atom stereocenters. The van der Waals surface area contributed by atoms with Crippen molar-refractivity contribution in [2.45, 2.75) is 18.9 Å². The molecule has 1 aliphatic rings. The average molecular weight is 312 g/mol. The second-order valence-electron chi connectivity index (χ2n) is 4.61. The summed E-state index contributed by atoms with van der Waals surface area (Å²) in [7, 11) is 0. The molecule has 1 aliphatic heterocycles. The van der Waals surface area contributed by atoms with Gasteiger partial charge in [0.25, 0.3) is 0 Å². The van der Waals surface area contributed by atoms with Crippen LogP contribution in [0.25, 0.3) is 0 Å². The molecular formula is C14H11ClFNO2S. The van der Waals surface area contributed by atoms with Crippen molar-refractivity contribution in [3.05, 3.63) is 50.4 Å². The van der Waals surface area contributed by atoms with E-state index in [1.54, 1.807) is 17.5 Å². The number of fused-ring (bicyclic) bond motifs is 1. The molecule has 1 amide bonds. The van der Waals surface area contributed by atoms with Gasteiger partial charge in [-0.2, -0.15) is 0 Å². The Morgan fingerprint density at radius 3 is 2.90 bits per heavy atom. The van der Waals surface area contributed by atoms with E-state index in [0.29, 0.717) is 28.4 Å². The van der Waals surface area contributed by atoms with Crippen molar-refractivity contribution in [2.24, 2.45) is 0 Å². The number of carbonyl (C=O) groups excluding carboxylic acids is 1. The smallest absolute Gasteiger partial charge is 0.224 e. The Bertz CT molecular complexity index is 686. The highest BCUT2D eigenvalue weighted by Crippen LogP contribution is 2.36. The Labute approximate surface area is 124 Å². The zero-order valence-corrected chi connectivity index (χ0v) is 11.9. The zero-order chi connectivity index (χ0) is 14.3. The number of rotatable bonds is 2. The van der Waals surface area contributed by atoms with Gasteiger partial charge >= 0.3 is 0 Å². The average Bonchev–Trinajstić information content (AvgIpc) is 2.83. The minimum absolute atomic E-state index is 0.119. The van der Waals surface area contributed by atoms with Gasteiger partial charge in [-0.05, 0) is 35.6 Å². The summed E-state index contributed by atoms with van der Waals surface area (Å²) in [6, 6.07) is 4.53. The molecule has 0 bridgehead atoms. The summed E-state index contributed by atoms with van der Waals surface area (Å²) in [5.41, 5.74) is 1.49. The molecular weight excluding hydrogens is 301 g/mol. The van der Waals surface area contributed by atoms with E-state index in [1.807, 2.05) is 0 Å². The molecule has 1 unspecified atom stereocenters. The van der Waals surface area contributed by atoms with Crippen LogP contribution in [0.2, 0.25) is 5.02 Å². The number of nitrogens with one attached hydrogen (secondary N) is 1. The highest BCUT2D eigenvalue weighted by Gasteiger charge is 2.23. The number of aliphatic hydroxyl groups is 1. The first kappa shape index (κ1) is 13.5. The standard InChI is InChI=1S/C14H11ClFNO2S/c15-9-3-4-20-14(9)13(19)8-5-7-1-2-12(18)17-11(7)6-10(8)16/h3-6,13,19H,1-2H2,(H,17,18). The van der Waals surface area contributed by atoms with Crippen molar-refractivity contribution in [3.63, 3.8) is 0 Å². The molecule has 2 N–H and O–H groups in total. The molecule has 104 valence electrons. The van der Waals surface area contributed by atoms with E-state index in [9.17, 15) is 14.3 Å². The lowest BCUT2D eigenvalue weighted by atomic mass is 9.97. The highest BCUT2D eigenvalue weighted by molar-refractivity contribution is 7.10. The van der Waals surface area contributed by atoms with E-state index in [4.69, 9.17) is 11.6 Å². The molecule has 6 heteroatoms. The van der Waals surface area contributed by atoms with Gasteiger partial charge in [-0.25, -0.2) is 4.39 Å². The van der Waals surface area contributed by atoms with Gasteiger partial charge < -0.3 is 10.4 Å². The van der Waals surface area contributed by atoms with Gasteiger partial charge in [-0.1, -0.05) is 11.6 Å². The quantitative estimate of drug-likeness (QED) is 0.891. The first-order valence-corrected chi connectivity index (χ1v) is 7.35. The van der Waals surface area contributed by atoms with Gasteiger partial charge in [0.2, 0.25) is 5.91 Å². The van der Waals surface area contributed by atoms with E-state index in [0.717, 1.165) is 5.56 Å². The number of amides is 1. The third kappa shape index (κ3) is 2.32. The number of halogens is 2. The summed E-state index contributed by atoms with van der Waals surface area (Å²) in [6.45, 7) is 0. The molecule has 0 fully saturated rings. The fraction of sp³-hybridized carbons (Fsp3) is 0.214. The summed E-state index contributed by atoms with van der Waals surface area (Å²) in [5, 5.41) is 15.1. The Hall–Kier alpha value is -1.43. The zero-order valence-electron chi connectivity index (χ0n) is 10.3. The number of aryl methyl sites for hydroxylation is 1. The predicted molar refractivity (Wildman–Crippen MR) is 76.7 cm³/mol. The molecule has 3 rings (SSSR count). The van der Waals surface area contributed by atoms with Crippen LogP contribution in [0.15, 0.2) is 23.6 Å². The fourth-order valence-electron chi connectivity index (χ4n) is 2.27. The lowest BCUT2D eigenvalue weighted by Crippen LogP contribution is -2.20. The van der Waals surface area contributed by atoms with E-state index >= 15 is 0 Å². The van der Waals surface area contributed by atoms with Gasteiger partial charge in [0, 0.05) is 17.7 Å². The largest absolute Gasteiger partial charge is 0.383 e. The van der Waals surface area contributed by atoms with Gasteiger partial charge in [-0.15, -0.1) is 11.3 Å². The minimum atomic E-state index is -1.09. The summed E-state index contributed by atoms with van der Waals surface area (Å²) >= 11 is 7.25. The molecule has 2 heterocycles. The number of carbonyl (C=O) groups is 1. The molecule has 2 aromatic rings. The van der Waals surface area contributed by atoms with Crippen LogP contribution in [0.5, 0.6) is 0 Å². The number of benzene rings is 1. The predicted octanol–water partition coefficient (Wildman–Crippen LogP) is 3.51. The molecule has 0 aliphatic carbocycles. The van der Waals surface area contributed by atoms with Gasteiger partial charge in [-0.3, -0.25) is 4.79 Å². The molecule has 0 saturated heterocycles. The monoisotopic (exact) mass is 311 g/mol. The Kier molecular flexibility index (Phi) is 3.50. The van der Waals surface area contributed by atoms with Crippen LogP contribution in [-0.2, 0) is 11.2 Å². The van der Waals surface area contributed by atoms with Crippen LogP contribution < -0.4 is 5.32 Å². The van der Waals surface area contributed by atoms with Crippen molar-refractivity contribution >= 4 is 34.5 Å². The van der Waals surface area contributed by atoms with Crippen molar-refractivity contribution in [2.75, 3.05) is 5.32 Å². The Morgan fingerprint density at radius 1 is 1.40 bits per heavy atom. The van der Waals surface area contributed by atoms with Crippen molar-refractivity contribution in [1.82, 2.24) is 0 Å². The molecule has 20 heavy (non-hydrogen) atoms. The maximum atomic E-state index is 14.1. The van der Waals surface area contributed by atoms with Crippen LogP contribution in [0, 0.1) is 5.82 Å². The molecule has 1 aromatic carbocycles. The number of aliphatic hydroxyl groups excluding tert-OH is 1. The Balaban J connectivity index is 2.02. The van der Waals surface area contributed by atoms with E-state index in [2.05, 4.69) is 5.32 Å². The number of thiophene rings is 1. The highest BCUT2D eigenvalue weighted by atomic mass is 35.5. The van der Waals surface area contributed by atoms with E-state index < -0.39 is 11.9 Å². The SMILES string of the molecule is O=C1CCc2cc(C(O)c3sccc3Cl)c(F)cc2N1. The third-order valence-electron chi connectivity index (χ3n) is 3.31. The number of anilines is 1. The number of hydrogen-bond acceptors (Lipinski definition) is 3. The molecule has 3 nitrogen and oxygen atoms in total. The van der Waals surface area contributed by atoms with E-state index in [-0.39, 0.29) is 11.5 Å².